The van der Waals surface area contributed by atoms with Gasteiger partial charge in [0, 0.05) is 16.7 Å². The molecule has 0 bridgehead atoms. The zero-order valence-corrected chi connectivity index (χ0v) is 13.9. The molecule has 1 aromatic rings. The third kappa shape index (κ3) is 6.42. The third-order valence-corrected chi connectivity index (χ3v) is 3.89. The Morgan fingerprint density at radius 3 is 2.55 bits per heavy atom. The topological polar surface area (TPSA) is 49.3 Å². The molecule has 0 unspecified atom stereocenters. The molecule has 1 rings (SSSR count). The van der Waals surface area contributed by atoms with E-state index in [0.29, 0.717) is 10.0 Å². The predicted molar refractivity (Wildman–Crippen MR) is 87.5 cm³/mol. The number of carbonyl (C=O) groups is 1. The van der Waals surface area contributed by atoms with Crippen molar-refractivity contribution in [2.24, 2.45) is 5.92 Å². The van der Waals surface area contributed by atoms with E-state index in [-0.39, 0.29) is 0 Å². The fourth-order valence-electron chi connectivity index (χ4n) is 2.06. The molecule has 20 heavy (non-hydrogen) atoms. The van der Waals surface area contributed by atoms with Gasteiger partial charge in [0.1, 0.15) is 0 Å². The van der Waals surface area contributed by atoms with Gasteiger partial charge in [-0.25, -0.2) is 4.79 Å². The Kier molecular flexibility index (Phi) is 7.67. The molecule has 4 heteroatoms. The average Bonchev–Trinajstić information content (AvgIpc) is 2.37. The van der Waals surface area contributed by atoms with Crippen molar-refractivity contribution in [1.82, 2.24) is 0 Å². The Morgan fingerprint density at radius 2 is 1.95 bits per heavy atom. The first-order valence-corrected chi connectivity index (χ1v) is 8.06. The van der Waals surface area contributed by atoms with Crippen LogP contribution < -0.4 is 5.32 Å². The van der Waals surface area contributed by atoms with Crippen LogP contribution in [0.3, 0.4) is 0 Å². The molecule has 0 spiro atoms. The maximum atomic E-state index is 10.9. The first-order valence-electron chi connectivity index (χ1n) is 7.27. The van der Waals surface area contributed by atoms with Crippen molar-refractivity contribution in [3.8, 4) is 0 Å². The summed E-state index contributed by atoms with van der Waals surface area (Å²) in [7, 11) is 0. The maximum absolute atomic E-state index is 10.9. The van der Waals surface area contributed by atoms with Crippen LogP contribution in [0.2, 0.25) is 0 Å². The Morgan fingerprint density at radius 1 is 1.25 bits per heavy atom. The van der Waals surface area contributed by atoms with E-state index in [1.807, 2.05) is 12.1 Å². The number of hydrogen-bond donors (Lipinski definition) is 2. The molecule has 0 aliphatic rings. The molecule has 3 nitrogen and oxygen atoms in total. The lowest BCUT2D eigenvalue weighted by atomic mass is 10.0. The quantitative estimate of drug-likeness (QED) is 0.609. The molecule has 0 saturated heterocycles. The molecule has 0 radical (unpaired) electrons. The van der Waals surface area contributed by atoms with Crippen LogP contribution in [0.5, 0.6) is 0 Å². The van der Waals surface area contributed by atoms with Crippen LogP contribution in [0.1, 0.15) is 56.3 Å². The van der Waals surface area contributed by atoms with Crippen LogP contribution in [0.15, 0.2) is 22.7 Å². The van der Waals surface area contributed by atoms with Crippen LogP contribution in [0, 0.1) is 5.92 Å². The summed E-state index contributed by atoms with van der Waals surface area (Å²) in [6, 6.07) is 5.26. The summed E-state index contributed by atoms with van der Waals surface area (Å²) in [5.41, 5.74) is 1.26. The number of anilines is 1. The second-order valence-corrected chi connectivity index (χ2v) is 6.38. The first kappa shape index (κ1) is 17.0. The Balaban J connectivity index is 2.22. The number of unbranched alkanes of at least 4 members (excludes halogenated alkanes) is 3. The summed E-state index contributed by atoms with van der Waals surface area (Å²) in [5.74, 6) is -0.105. The zero-order chi connectivity index (χ0) is 15.0. The van der Waals surface area contributed by atoms with Gasteiger partial charge >= 0.3 is 5.97 Å². The minimum atomic E-state index is -0.909. The van der Waals surface area contributed by atoms with E-state index >= 15 is 0 Å². The number of benzene rings is 1. The van der Waals surface area contributed by atoms with Crippen molar-refractivity contribution >= 4 is 27.6 Å². The van der Waals surface area contributed by atoms with Gasteiger partial charge in [0.15, 0.2) is 0 Å². The van der Waals surface area contributed by atoms with Crippen LogP contribution in [-0.4, -0.2) is 17.6 Å². The van der Waals surface area contributed by atoms with Crippen molar-refractivity contribution in [3.63, 3.8) is 0 Å². The highest BCUT2D eigenvalue weighted by atomic mass is 79.9. The minimum absolute atomic E-state index is 0.296. The molecule has 0 amide bonds. The SMILES string of the molecule is CC(C)CCCCCCNc1ccc(C(=O)O)c(Br)c1. The van der Waals surface area contributed by atoms with Gasteiger partial charge in [-0.3, -0.25) is 0 Å². The number of hydrogen-bond acceptors (Lipinski definition) is 2. The molecule has 112 valence electrons. The molecule has 0 aromatic heterocycles. The molecule has 0 heterocycles. The number of carboxylic acid groups (broad SMARTS) is 1. The summed E-state index contributed by atoms with van der Waals surface area (Å²) in [6.07, 6.45) is 6.32. The fourth-order valence-corrected chi connectivity index (χ4v) is 2.61. The number of carboxylic acids is 1. The van der Waals surface area contributed by atoms with Gasteiger partial charge in [-0.05, 0) is 46.5 Å². The first-order chi connectivity index (χ1) is 9.50. The number of halogens is 1. The molecule has 0 aliphatic carbocycles. The summed E-state index contributed by atoms with van der Waals surface area (Å²) >= 11 is 3.28. The van der Waals surface area contributed by atoms with E-state index < -0.39 is 5.97 Å². The van der Waals surface area contributed by atoms with Gasteiger partial charge < -0.3 is 10.4 Å². The van der Waals surface area contributed by atoms with Crippen molar-refractivity contribution < 1.29 is 9.90 Å². The zero-order valence-electron chi connectivity index (χ0n) is 12.3. The highest BCUT2D eigenvalue weighted by molar-refractivity contribution is 9.10. The van der Waals surface area contributed by atoms with Gasteiger partial charge in [0.05, 0.1) is 5.56 Å². The van der Waals surface area contributed by atoms with Gasteiger partial charge in [-0.15, -0.1) is 0 Å². The lowest BCUT2D eigenvalue weighted by molar-refractivity contribution is 0.0696. The largest absolute Gasteiger partial charge is 0.478 e. The highest BCUT2D eigenvalue weighted by Gasteiger charge is 2.07. The van der Waals surface area contributed by atoms with Crippen molar-refractivity contribution in [2.45, 2.75) is 46.0 Å². The number of aromatic carboxylic acids is 1. The van der Waals surface area contributed by atoms with Crippen molar-refractivity contribution in [3.05, 3.63) is 28.2 Å². The Labute approximate surface area is 129 Å². The lowest BCUT2D eigenvalue weighted by Crippen LogP contribution is -2.03. The van der Waals surface area contributed by atoms with Crippen molar-refractivity contribution in [2.75, 3.05) is 11.9 Å². The smallest absolute Gasteiger partial charge is 0.336 e. The van der Waals surface area contributed by atoms with E-state index in [9.17, 15) is 4.79 Å². The molecule has 0 aliphatic heterocycles. The second kappa shape index (κ2) is 9.01. The van der Waals surface area contributed by atoms with Crippen molar-refractivity contribution in [1.29, 1.82) is 0 Å². The molecule has 0 fully saturated rings. The second-order valence-electron chi connectivity index (χ2n) is 5.52. The number of nitrogens with one attached hydrogen (secondary N) is 1. The summed E-state index contributed by atoms with van der Waals surface area (Å²) in [4.78, 5) is 10.9. The van der Waals surface area contributed by atoms with Crippen LogP contribution in [0.4, 0.5) is 5.69 Å². The molecule has 0 atom stereocenters. The molecule has 1 aromatic carbocycles. The monoisotopic (exact) mass is 341 g/mol. The van der Waals surface area contributed by atoms with E-state index in [1.54, 1.807) is 6.07 Å². The molecular weight excluding hydrogens is 318 g/mol. The van der Waals surface area contributed by atoms with Gasteiger partial charge in [-0.2, -0.15) is 0 Å². The Hall–Kier alpha value is -1.03. The van der Waals surface area contributed by atoms with Gasteiger partial charge in [0.25, 0.3) is 0 Å². The van der Waals surface area contributed by atoms with Crippen LogP contribution in [0.25, 0.3) is 0 Å². The van der Waals surface area contributed by atoms with Crippen LogP contribution in [-0.2, 0) is 0 Å². The number of rotatable bonds is 9. The summed E-state index contributed by atoms with van der Waals surface area (Å²) in [6.45, 7) is 5.46. The van der Waals surface area contributed by atoms with Crippen LogP contribution >= 0.6 is 15.9 Å². The summed E-state index contributed by atoms with van der Waals surface area (Å²) < 4.78 is 0.618. The van der Waals surface area contributed by atoms with E-state index in [4.69, 9.17) is 5.11 Å². The molecular formula is C16H24BrNO2. The predicted octanol–water partition coefficient (Wildman–Crippen LogP) is 5.17. The third-order valence-electron chi connectivity index (χ3n) is 3.24. The average molecular weight is 342 g/mol. The van der Waals surface area contributed by atoms with E-state index in [2.05, 4.69) is 35.1 Å². The molecule has 2 N–H and O–H groups in total. The highest BCUT2D eigenvalue weighted by Crippen LogP contribution is 2.21. The lowest BCUT2D eigenvalue weighted by Gasteiger charge is -2.08. The standard InChI is InChI=1S/C16H24BrNO2/c1-12(2)7-5-3-4-6-10-18-13-8-9-14(16(19)20)15(17)11-13/h8-9,11-12,18H,3-7,10H2,1-2H3,(H,19,20). The Bertz CT molecular complexity index is 432. The summed E-state index contributed by atoms with van der Waals surface area (Å²) in [5, 5.41) is 12.3. The van der Waals surface area contributed by atoms with E-state index in [1.165, 1.54) is 25.7 Å². The van der Waals surface area contributed by atoms with Gasteiger partial charge in [0.2, 0.25) is 0 Å². The van der Waals surface area contributed by atoms with Gasteiger partial charge in [-0.1, -0.05) is 39.5 Å². The maximum Gasteiger partial charge on any atom is 0.336 e. The normalized spacial score (nSPS) is 10.8. The van der Waals surface area contributed by atoms with E-state index in [0.717, 1.165) is 24.6 Å². The fraction of sp³-hybridized carbons (Fsp3) is 0.562. The minimum Gasteiger partial charge on any atom is -0.478 e. The molecule has 0 saturated carbocycles.